The van der Waals surface area contributed by atoms with Gasteiger partial charge < -0.3 is 15.2 Å². The zero-order chi connectivity index (χ0) is 17.5. The summed E-state index contributed by atoms with van der Waals surface area (Å²) < 4.78 is 5.30. The first kappa shape index (κ1) is 17.8. The number of hydrogen-bond donors (Lipinski definition) is 2. The Morgan fingerprint density at radius 2 is 2.08 bits per heavy atom. The van der Waals surface area contributed by atoms with Gasteiger partial charge in [-0.3, -0.25) is 9.79 Å². The fourth-order valence-electron chi connectivity index (χ4n) is 2.07. The van der Waals surface area contributed by atoms with Crippen LogP contribution in [0.2, 0.25) is 5.02 Å². The van der Waals surface area contributed by atoms with Gasteiger partial charge in [0, 0.05) is 22.5 Å². The minimum Gasteiger partial charge on any atom is -0.504 e. The van der Waals surface area contributed by atoms with Crippen LogP contribution >= 0.6 is 11.6 Å². The molecule has 24 heavy (non-hydrogen) atoms. The third-order valence-corrected chi connectivity index (χ3v) is 3.75. The normalized spacial score (nSPS) is 10.8. The summed E-state index contributed by atoms with van der Waals surface area (Å²) in [5, 5.41) is 13.4. The van der Waals surface area contributed by atoms with Gasteiger partial charge in [0.2, 0.25) is 5.91 Å². The summed E-state index contributed by atoms with van der Waals surface area (Å²) in [5.74, 6) is 0.131. The van der Waals surface area contributed by atoms with E-state index in [1.807, 2.05) is 13.8 Å². The lowest BCUT2D eigenvalue weighted by atomic mass is 10.2. The Bertz CT molecular complexity index is 760. The van der Waals surface area contributed by atoms with Crippen molar-refractivity contribution in [2.24, 2.45) is 4.99 Å². The van der Waals surface area contributed by atoms with E-state index >= 15 is 0 Å². The predicted octanol–water partition coefficient (Wildman–Crippen LogP) is 3.81. The molecule has 0 aromatic heterocycles. The smallest absolute Gasteiger partial charge is 0.246 e. The maximum atomic E-state index is 12.0. The Morgan fingerprint density at radius 3 is 2.83 bits per heavy atom. The van der Waals surface area contributed by atoms with E-state index in [0.717, 1.165) is 5.56 Å². The Kier molecular flexibility index (Phi) is 6.21. The van der Waals surface area contributed by atoms with Gasteiger partial charge in [0.25, 0.3) is 0 Å². The van der Waals surface area contributed by atoms with Crippen molar-refractivity contribution < 1.29 is 14.6 Å². The second-order valence-electron chi connectivity index (χ2n) is 5.06. The van der Waals surface area contributed by atoms with E-state index in [4.69, 9.17) is 16.3 Å². The molecule has 0 unspecified atom stereocenters. The van der Waals surface area contributed by atoms with Gasteiger partial charge in [-0.15, -0.1) is 0 Å². The molecule has 0 heterocycles. The first-order valence-electron chi connectivity index (χ1n) is 7.52. The summed E-state index contributed by atoms with van der Waals surface area (Å²) in [6.45, 7) is 4.06. The van der Waals surface area contributed by atoms with Crippen molar-refractivity contribution in [3.8, 4) is 11.5 Å². The number of aliphatic imine (C=N–C) groups is 1. The second-order valence-corrected chi connectivity index (χ2v) is 5.46. The van der Waals surface area contributed by atoms with Crippen LogP contribution in [0.1, 0.15) is 18.1 Å². The van der Waals surface area contributed by atoms with Crippen LogP contribution in [0.4, 0.5) is 5.69 Å². The molecular weight excluding hydrogens is 328 g/mol. The van der Waals surface area contributed by atoms with Crippen LogP contribution in [0.5, 0.6) is 11.5 Å². The van der Waals surface area contributed by atoms with Crippen LogP contribution in [0, 0.1) is 6.92 Å². The number of carbonyl (C=O) groups excluding carboxylic acids is 1. The Labute approximate surface area is 145 Å². The van der Waals surface area contributed by atoms with Crippen LogP contribution in [0.15, 0.2) is 41.4 Å². The third kappa shape index (κ3) is 4.49. The van der Waals surface area contributed by atoms with E-state index in [-0.39, 0.29) is 18.2 Å². The minimum atomic E-state index is -0.267. The number of carbonyl (C=O) groups is 1. The molecule has 126 valence electrons. The summed E-state index contributed by atoms with van der Waals surface area (Å²) >= 11 is 6.02. The van der Waals surface area contributed by atoms with Gasteiger partial charge in [-0.1, -0.05) is 23.7 Å². The zero-order valence-corrected chi connectivity index (χ0v) is 14.3. The van der Waals surface area contributed by atoms with Crippen LogP contribution in [0.3, 0.4) is 0 Å². The molecule has 0 atom stereocenters. The minimum absolute atomic E-state index is 0.00851. The number of benzene rings is 2. The highest BCUT2D eigenvalue weighted by atomic mass is 35.5. The number of nitrogens with zero attached hydrogens (tertiary/aromatic N) is 1. The first-order valence-corrected chi connectivity index (χ1v) is 7.90. The van der Waals surface area contributed by atoms with Crippen molar-refractivity contribution in [3.63, 3.8) is 0 Å². The molecule has 2 aromatic carbocycles. The highest BCUT2D eigenvalue weighted by Gasteiger charge is 2.07. The number of amides is 1. The maximum Gasteiger partial charge on any atom is 0.246 e. The Balaban J connectivity index is 2.00. The molecule has 2 rings (SSSR count). The molecule has 0 fully saturated rings. The van der Waals surface area contributed by atoms with E-state index < -0.39 is 0 Å². The van der Waals surface area contributed by atoms with E-state index in [2.05, 4.69) is 10.3 Å². The number of aromatic hydroxyl groups is 1. The molecule has 0 aliphatic heterocycles. The molecule has 0 spiro atoms. The van der Waals surface area contributed by atoms with Gasteiger partial charge in [-0.2, -0.15) is 0 Å². The molecule has 0 bridgehead atoms. The van der Waals surface area contributed by atoms with Gasteiger partial charge in [0.15, 0.2) is 11.5 Å². The van der Waals surface area contributed by atoms with E-state index in [1.165, 1.54) is 6.21 Å². The lowest BCUT2D eigenvalue weighted by Gasteiger charge is -2.08. The maximum absolute atomic E-state index is 12.0. The Morgan fingerprint density at radius 1 is 1.33 bits per heavy atom. The fourth-order valence-corrected chi connectivity index (χ4v) is 2.25. The van der Waals surface area contributed by atoms with Crippen molar-refractivity contribution >= 4 is 29.4 Å². The molecule has 0 saturated heterocycles. The molecular formula is C18H19ClN2O3. The number of rotatable bonds is 6. The number of anilines is 1. The number of hydrogen-bond acceptors (Lipinski definition) is 4. The molecule has 2 aromatic rings. The van der Waals surface area contributed by atoms with Crippen LogP contribution in [0.25, 0.3) is 0 Å². The van der Waals surface area contributed by atoms with Crippen LogP contribution in [-0.4, -0.2) is 30.4 Å². The van der Waals surface area contributed by atoms with Crippen molar-refractivity contribution in [1.29, 1.82) is 0 Å². The van der Waals surface area contributed by atoms with Crippen LogP contribution < -0.4 is 10.1 Å². The largest absolute Gasteiger partial charge is 0.504 e. The predicted molar refractivity (Wildman–Crippen MR) is 96.6 cm³/mol. The number of phenols is 1. The lowest BCUT2D eigenvalue weighted by molar-refractivity contribution is -0.114. The van der Waals surface area contributed by atoms with Gasteiger partial charge in [0.1, 0.15) is 6.54 Å². The third-order valence-electron chi connectivity index (χ3n) is 3.34. The topological polar surface area (TPSA) is 70.9 Å². The molecule has 0 aliphatic rings. The Hall–Kier alpha value is -2.53. The zero-order valence-electron chi connectivity index (χ0n) is 13.5. The highest BCUT2D eigenvalue weighted by Crippen LogP contribution is 2.28. The number of ether oxygens (including phenoxy) is 1. The second kappa shape index (κ2) is 8.36. The molecule has 5 nitrogen and oxygen atoms in total. The van der Waals surface area contributed by atoms with Gasteiger partial charge >= 0.3 is 0 Å². The summed E-state index contributed by atoms with van der Waals surface area (Å²) in [4.78, 5) is 16.0. The van der Waals surface area contributed by atoms with E-state index in [9.17, 15) is 9.90 Å². The first-order chi connectivity index (χ1) is 11.5. The number of phenolic OH excluding ortho intramolecular Hbond substituents is 1. The van der Waals surface area contributed by atoms with Crippen LogP contribution in [-0.2, 0) is 4.79 Å². The number of nitrogens with one attached hydrogen (secondary N) is 1. The van der Waals surface area contributed by atoms with Gasteiger partial charge in [-0.05, 0) is 43.7 Å². The van der Waals surface area contributed by atoms with E-state index in [1.54, 1.807) is 36.4 Å². The standard InChI is InChI=1S/C18H19ClN2O3/c1-3-24-16-9-4-6-13(18(16)23)10-20-11-17(22)21-15-8-5-7-14(19)12(15)2/h4-10,23H,3,11H2,1-2H3,(H,21,22). The molecule has 2 N–H and O–H groups in total. The van der Waals surface area contributed by atoms with Crippen molar-refractivity contribution in [3.05, 3.63) is 52.5 Å². The highest BCUT2D eigenvalue weighted by molar-refractivity contribution is 6.31. The van der Waals surface area contributed by atoms with Gasteiger partial charge in [0.05, 0.1) is 6.61 Å². The molecule has 0 aliphatic carbocycles. The fraction of sp³-hybridized carbons (Fsp3) is 0.222. The molecule has 1 amide bonds. The van der Waals surface area contributed by atoms with Gasteiger partial charge in [-0.25, -0.2) is 0 Å². The summed E-state index contributed by atoms with van der Waals surface area (Å²) in [6, 6.07) is 10.4. The molecule has 0 radical (unpaired) electrons. The SMILES string of the molecule is CCOc1cccc(C=NCC(=O)Nc2cccc(Cl)c2C)c1O. The monoisotopic (exact) mass is 346 g/mol. The quantitative estimate of drug-likeness (QED) is 0.781. The van der Waals surface area contributed by atoms with E-state index in [0.29, 0.717) is 28.6 Å². The number of halogens is 1. The average molecular weight is 347 g/mol. The molecule has 0 saturated carbocycles. The van der Waals surface area contributed by atoms with Crippen molar-refractivity contribution in [2.75, 3.05) is 18.5 Å². The average Bonchev–Trinajstić information content (AvgIpc) is 2.55. The summed E-state index contributed by atoms with van der Waals surface area (Å²) in [7, 11) is 0. The molecule has 6 heteroatoms. The van der Waals surface area contributed by atoms with Crippen molar-refractivity contribution in [2.45, 2.75) is 13.8 Å². The summed E-state index contributed by atoms with van der Waals surface area (Å²) in [6.07, 6.45) is 1.45. The number of para-hydroxylation sites is 1. The lowest BCUT2D eigenvalue weighted by Crippen LogP contribution is -2.15. The summed E-state index contributed by atoms with van der Waals surface area (Å²) in [5.41, 5.74) is 1.95. The van der Waals surface area contributed by atoms with Crippen molar-refractivity contribution in [1.82, 2.24) is 0 Å².